The van der Waals surface area contributed by atoms with Gasteiger partial charge < -0.3 is 10.4 Å². The smallest absolute Gasteiger partial charge is 0.0462 e. The zero-order valence-corrected chi connectivity index (χ0v) is 8.76. The monoisotopic (exact) mass is 185 g/mol. The van der Waals surface area contributed by atoms with Crippen LogP contribution in [0.5, 0.6) is 0 Å². The topological polar surface area (TPSA) is 32.3 Å². The van der Waals surface area contributed by atoms with E-state index in [1.807, 2.05) is 0 Å². The molecule has 2 N–H and O–H groups in total. The summed E-state index contributed by atoms with van der Waals surface area (Å²) in [6, 6.07) is 0. The molecule has 0 amide bonds. The van der Waals surface area contributed by atoms with Gasteiger partial charge in [0, 0.05) is 6.61 Å². The maximum Gasteiger partial charge on any atom is 0.0462 e. The predicted octanol–water partition coefficient (Wildman–Crippen LogP) is 1.78. The Balaban J connectivity index is 2.26. The summed E-state index contributed by atoms with van der Waals surface area (Å²) in [6.45, 7) is 4.89. The first-order valence-electron chi connectivity index (χ1n) is 5.70. The second-order valence-corrected chi connectivity index (χ2v) is 4.19. The lowest BCUT2D eigenvalue weighted by Gasteiger charge is -2.29. The van der Waals surface area contributed by atoms with Crippen molar-refractivity contribution in [3.63, 3.8) is 0 Å². The van der Waals surface area contributed by atoms with Crippen molar-refractivity contribution in [2.45, 2.75) is 39.0 Å². The van der Waals surface area contributed by atoms with Gasteiger partial charge in [0.1, 0.15) is 0 Å². The normalized spacial score (nSPS) is 25.8. The Kier molecular flexibility index (Phi) is 5.40. The molecule has 1 aliphatic rings. The molecule has 1 heterocycles. The summed E-state index contributed by atoms with van der Waals surface area (Å²) in [5.41, 5.74) is 0. The van der Waals surface area contributed by atoms with E-state index in [1.165, 1.54) is 38.6 Å². The van der Waals surface area contributed by atoms with Gasteiger partial charge in [-0.15, -0.1) is 0 Å². The Bertz CT molecular complexity index is 121. The number of piperidine rings is 1. The number of aliphatic hydroxyl groups is 1. The van der Waals surface area contributed by atoms with E-state index >= 15 is 0 Å². The minimum Gasteiger partial charge on any atom is -0.396 e. The van der Waals surface area contributed by atoms with Crippen molar-refractivity contribution in [2.75, 3.05) is 19.7 Å². The van der Waals surface area contributed by atoms with Crippen molar-refractivity contribution in [2.24, 2.45) is 11.8 Å². The third-order valence-electron chi connectivity index (χ3n) is 3.16. The summed E-state index contributed by atoms with van der Waals surface area (Å²) in [4.78, 5) is 0. The van der Waals surface area contributed by atoms with Crippen molar-refractivity contribution in [3.05, 3.63) is 0 Å². The van der Waals surface area contributed by atoms with E-state index in [0.717, 1.165) is 12.5 Å². The van der Waals surface area contributed by atoms with Gasteiger partial charge >= 0.3 is 0 Å². The number of hydrogen-bond acceptors (Lipinski definition) is 2. The molecule has 0 bridgehead atoms. The SMILES string of the molecule is CCCCC(CO)C1CCCNC1. The molecule has 1 fully saturated rings. The Morgan fingerprint density at radius 1 is 1.54 bits per heavy atom. The summed E-state index contributed by atoms with van der Waals surface area (Å²) in [5.74, 6) is 1.28. The molecule has 2 unspecified atom stereocenters. The highest BCUT2D eigenvalue weighted by Crippen LogP contribution is 2.24. The van der Waals surface area contributed by atoms with Gasteiger partial charge in [-0.25, -0.2) is 0 Å². The fourth-order valence-corrected chi connectivity index (χ4v) is 2.22. The van der Waals surface area contributed by atoms with Crippen LogP contribution in [0.3, 0.4) is 0 Å². The molecule has 2 heteroatoms. The van der Waals surface area contributed by atoms with Crippen LogP contribution in [0.4, 0.5) is 0 Å². The summed E-state index contributed by atoms with van der Waals surface area (Å²) in [5, 5.41) is 12.7. The summed E-state index contributed by atoms with van der Waals surface area (Å²) < 4.78 is 0. The van der Waals surface area contributed by atoms with Crippen molar-refractivity contribution in [1.29, 1.82) is 0 Å². The molecular formula is C11H23NO. The molecule has 13 heavy (non-hydrogen) atoms. The van der Waals surface area contributed by atoms with Gasteiger partial charge in [0.2, 0.25) is 0 Å². The maximum absolute atomic E-state index is 9.28. The number of hydrogen-bond donors (Lipinski definition) is 2. The van der Waals surface area contributed by atoms with Gasteiger partial charge in [0.15, 0.2) is 0 Å². The first-order chi connectivity index (χ1) is 6.38. The van der Waals surface area contributed by atoms with Crippen LogP contribution in [-0.4, -0.2) is 24.8 Å². The van der Waals surface area contributed by atoms with Crippen molar-refractivity contribution in [1.82, 2.24) is 5.32 Å². The van der Waals surface area contributed by atoms with Crippen molar-refractivity contribution >= 4 is 0 Å². The Hall–Kier alpha value is -0.0800. The number of aliphatic hydroxyl groups excluding tert-OH is 1. The number of nitrogens with one attached hydrogen (secondary N) is 1. The fourth-order valence-electron chi connectivity index (χ4n) is 2.22. The minimum absolute atomic E-state index is 0.381. The number of unbranched alkanes of at least 4 members (excludes halogenated alkanes) is 1. The second kappa shape index (κ2) is 6.39. The van der Waals surface area contributed by atoms with Crippen LogP contribution < -0.4 is 5.32 Å². The lowest BCUT2D eigenvalue weighted by Crippen LogP contribution is -2.35. The lowest BCUT2D eigenvalue weighted by atomic mass is 9.83. The molecule has 0 spiro atoms. The standard InChI is InChI=1S/C11H23NO/c1-2-3-5-11(9-13)10-6-4-7-12-8-10/h10-13H,2-9H2,1H3. The van der Waals surface area contributed by atoms with E-state index in [9.17, 15) is 5.11 Å². The molecule has 2 nitrogen and oxygen atoms in total. The average Bonchev–Trinajstić information content (AvgIpc) is 2.21. The molecular weight excluding hydrogens is 162 g/mol. The van der Waals surface area contributed by atoms with Crippen LogP contribution >= 0.6 is 0 Å². The van der Waals surface area contributed by atoms with Crippen LogP contribution in [0, 0.1) is 11.8 Å². The molecule has 0 aromatic carbocycles. The molecule has 1 rings (SSSR count). The summed E-state index contributed by atoms with van der Waals surface area (Å²) >= 11 is 0. The first kappa shape index (κ1) is 11.0. The van der Waals surface area contributed by atoms with E-state index < -0.39 is 0 Å². The first-order valence-corrected chi connectivity index (χ1v) is 5.70. The quantitative estimate of drug-likeness (QED) is 0.684. The predicted molar refractivity (Wildman–Crippen MR) is 55.7 cm³/mol. The minimum atomic E-state index is 0.381. The van der Waals surface area contributed by atoms with E-state index in [4.69, 9.17) is 0 Å². The summed E-state index contributed by atoms with van der Waals surface area (Å²) in [6.07, 6.45) is 6.31. The van der Waals surface area contributed by atoms with Gasteiger partial charge in [-0.3, -0.25) is 0 Å². The third-order valence-corrected chi connectivity index (χ3v) is 3.16. The van der Waals surface area contributed by atoms with Crippen LogP contribution in [0.2, 0.25) is 0 Å². The fraction of sp³-hybridized carbons (Fsp3) is 1.00. The van der Waals surface area contributed by atoms with Gasteiger partial charge in [-0.2, -0.15) is 0 Å². The molecule has 1 saturated heterocycles. The van der Waals surface area contributed by atoms with E-state index in [0.29, 0.717) is 12.5 Å². The second-order valence-electron chi connectivity index (χ2n) is 4.19. The van der Waals surface area contributed by atoms with E-state index in [1.54, 1.807) is 0 Å². The Labute approximate surface area is 81.7 Å². The van der Waals surface area contributed by atoms with Gasteiger partial charge in [0.05, 0.1) is 0 Å². The molecule has 0 aromatic heterocycles. The zero-order chi connectivity index (χ0) is 9.52. The largest absolute Gasteiger partial charge is 0.396 e. The van der Waals surface area contributed by atoms with Crippen LogP contribution in [0.15, 0.2) is 0 Å². The van der Waals surface area contributed by atoms with Gasteiger partial charge in [0.25, 0.3) is 0 Å². The maximum atomic E-state index is 9.28. The van der Waals surface area contributed by atoms with Gasteiger partial charge in [-0.1, -0.05) is 19.8 Å². The third kappa shape index (κ3) is 3.65. The molecule has 78 valence electrons. The highest BCUT2D eigenvalue weighted by atomic mass is 16.3. The highest BCUT2D eigenvalue weighted by molar-refractivity contribution is 4.75. The molecule has 1 aliphatic heterocycles. The van der Waals surface area contributed by atoms with Crippen LogP contribution in [0.1, 0.15) is 39.0 Å². The Morgan fingerprint density at radius 2 is 2.38 bits per heavy atom. The molecule has 0 radical (unpaired) electrons. The number of rotatable bonds is 5. The molecule has 0 aromatic rings. The van der Waals surface area contributed by atoms with E-state index in [-0.39, 0.29) is 0 Å². The lowest BCUT2D eigenvalue weighted by molar-refractivity contribution is 0.145. The zero-order valence-electron chi connectivity index (χ0n) is 8.76. The molecule has 0 saturated carbocycles. The van der Waals surface area contributed by atoms with Crippen molar-refractivity contribution < 1.29 is 5.11 Å². The van der Waals surface area contributed by atoms with Crippen molar-refractivity contribution in [3.8, 4) is 0 Å². The van der Waals surface area contributed by atoms with E-state index in [2.05, 4.69) is 12.2 Å². The van der Waals surface area contributed by atoms with Gasteiger partial charge in [-0.05, 0) is 44.2 Å². The Morgan fingerprint density at radius 3 is 2.92 bits per heavy atom. The molecule has 0 aliphatic carbocycles. The molecule has 2 atom stereocenters. The van der Waals surface area contributed by atoms with Crippen LogP contribution in [-0.2, 0) is 0 Å². The summed E-state index contributed by atoms with van der Waals surface area (Å²) in [7, 11) is 0. The average molecular weight is 185 g/mol. The van der Waals surface area contributed by atoms with Crippen LogP contribution in [0.25, 0.3) is 0 Å². The highest BCUT2D eigenvalue weighted by Gasteiger charge is 2.21.